The van der Waals surface area contributed by atoms with Crippen molar-refractivity contribution >= 4 is 45.4 Å². The van der Waals surface area contributed by atoms with E-state index in [0.717, 1.165) is 0 Å². The molecule has 0 spiro atoms. The Morgan fingerprint density at radius 3 is 1.03 bits per heavy atom. The van der Waals surface area contributed by atoms with Crippen LogP contribution in [0.15, 0.2) is 146 Å². The van der Waals surface area contributed by atoms with Crippen LogP contribution >= 0.6 is 7.92 Å². The van der Waals surface area contributed by atoms with Crippen LogP contribution in [0.3, 0.4) is 0 Å². The van der Waals surface area contributed by atoms with Crippen LogP contribution < -0.4 is 15.9 Å². The maximum absolute atomic E-state index is 2.24. The molecule has 0 N–H and O–H groups in total. The van der Waals surface area contributed by atoms with Gasteiger partial charge >= 0.3 is 22.4 Å². The van der Waals surface area contributed by atoms with Crippen LogP contribution in [0.1, 0.15) is 0 Å². The van der Waals surface area contributed by atoms with Crippen molar-refractivity contribution in [3.05, 3.63) is 146 Å². The van der Waals surface area contributed by atoms with Crippen LogP contribution in [-0.4, -0.2) is 0 Å². The van der Waals surface area contributed by atoms with E-state index in [1.54, 1.807) is 0 Å². The topological polar surface area (TPSA) is 0 Å². The molecule has 0 heterocycles. The van der Waals surface area contributed by atoms with Crippen molar-refractivity contribution in [2.24, 2.45) is 0 Å². The Labute approximate surface area is 212 Å². The van der Waals surface area contributed by atoms with E-state index in [2.05, 4.69) is 146 Å². The molecule has 0 nitrogen and oxygen atoms in total. The Balaban J connectivity index is 0.000000162. The number of benzene rings is 5. The van der Waals surface area contributed by atoms with Gasteiger partial charge in [-0.05, 0) is 23.8 Å². The van der Waals surface area contributed by atoms with Crippen molar-refractivity contribution in [2.75, 3.05) is 0 Å². The van der Waals surface area contributed by atoms with Gasteiger partial charge in [0.1, 0.15) is 0 Å². The fraction of sp³-hybridized carbons (Fsp3) is 0. The summed E-state index contributed by atoms with van der Waals surface area (Å²) in [5.41, 5.74) is 0. The van der Waals surface area contributed by atoms with E-state index in [9.17, 15) is 0 Å². The first-order valence-corrected chi connectivity index (χ1v) is 12.2. The zero-order valence-corrected chi connectivity index (χ0v) is 21.2. The summed E-state index contributed by atoms with van der Waals surface area (Å²) >= 11 is 0. The monoisotopic (exact) mass is 624 g/mol. The minimum Gasteiger partial charge on any atom is -0.126 e. The molecule has 0 aromatic heterocycles. The van der Waals surface area contributed by atoms with E-state index in [1.165, 1.54) is 37.5 Å². The second-order valence-corrected chi connectivity index (χ2v) is 9.88. The van der Waals surface area contributed by atoms with Crippen molar-refractivity contribution in [2.45, 2.75) is 0 Å². The summed E-state index contributed by atoms with van der Waals surface area (Å²) in [7, 11) is -0.446. The van der Waals surface area contributed by atoms with Crippen LogP contribution in [0, 0.1) is 0 Å². The summed E-state index contributed by atoms with van der Waals surface area (Å²) in [6.45, 7) is 0. The molecule has 6 rings (SSSR count). The third-order valence-electron chi connectivity index (χ3n) is 5.57. The van der Waals surface area contributed by atoms with Crippen LogP contribution in [0.25, 0.3) is 21.5 Å². The second kappa shape index (κ2) is 11.3. The Bertz CT molecular complexity index is 1260. The normalized spacial score (nSPS) is 10.5. The van der Waals surface area contributed by atoms with Gasteiger partial charge in [-0.15, -0.1) is 39.7 Å². The van der Waals surface area contributed by atoms with Gasteiger partial charge in [0.2, 0.25) is 0 Å². The standard InChI is InChI=1S/C18H15P.C13H9.Au/c1-4-10-16(11-5-1)19(17-12-6-2-7-13-17)18-14-8-3-9-15-18;1-3-7-12-10(5-1)9-11-6-2-4-8-13(11)12;/h1-15H;1-9H;/q;-1;+1. The number of rotatable bonds is 3. The Hall–Kier alpha value is -2.86. The zero-order valence-electron chi connectivity index (χ0n) is 18.1. The molecule has 0 fully saturated rings. The largest absolute Gasteiger partial charge is 1.00 e. The average molecular weight is 624 g/mol. The first-order chi connectivity index (χ1) is 15.9. The molecular formula is C31H24AuP. The van der Waals surface area contributed by atoms with Crippen molar-refractivity contribution in [1.82, 2.24) is 0 Å². The Kier molecular flexibility index (Phi) is 8.00. The van der Waals surface area contributed by atoms with E-state index >= 15 is 0 Å². The molecule has 2 heteroatoms. The summed E-state index contributed by atoms with van der Waals surface area (Å²) in [6.07, 6.45) is 0. The van der Waals surface area contributed by atoms with E-state index < -0.39 is 7.92 Å². The molecule has 164 valence electrons. The smallest absolute Gasteiger partial charge is 0.126 e. The molecule has 0 aliphatic rings. The quantitative estimate of drug-likeness (QED) is 0.112. The minimum absolute atomic E-state index is 0. The van der Waals surface area contributed by atoms with Crippen molar-refractivity contribution < 1.29 is 22.4 Å². The van der Waals surface area contributed by atoms with Gasteiger partial charge in [0.05, 0.1) is 0 Å². The predicted octanol–water partition coefficient (Wildman–Crippen LogP) is 7.15. The molecule has 0 bridgehead atoms. The van der Waals surface area contributed by atoms with Gasteiger partial charge in [0.15, 0.2) is 0 Å². The van der Waals surface area contributed by atoms with Crippen LogP contribution in [0.2, 0.25) is 0 Å². The maximum Gasteiger partial charge on any atom is 1.00 e. The molecular weight excluding hydrogens is 600 g/mol. The zero-order chi connectivity index (χ0) is 21.6. The van der Waals surface area contributed by atoms with Gasteiger partial charge < -0.3 is 0 Å². The summed E-state index contributed by atoms with van der Waals surface area (Å²) in [5, 5.41) is 9.59. The summed E-state index contributed by atoms with van der Waals surface area (Å²) in [4.78, 5) is 0. The van der Waals surface area contributed by atoms with Crippen LogP contribution in [0.4, 0.5) is 0 Å². The molecule has 0 saturated heterocycles. The van der Waals surface area contributed by atoms with Crippen molar-refractivity contribution in [3.63, 3.8) is 0 Å². The third kappa shape index (κ3) is 5.38. The van der Waals surface area contributed by atoms with Gasteiger partial charge in [-0.2, -0.15) is 0 Å². The minimum atomic E-state index is -0.446. The Morgan fingerprint density at radius 1 is 0.364 bits per heavy atom. The van der Waals surface area contributed by atoms with E-state index in [1.807, 2.05) is 0 Å². The second-order valence-electron chi connectivity index (χ2n) is 7.66. The molecule has 33 heavy (non-hydrogen) atoms. The molecule has 0 amide bonds. The molecule has 0 atom stereocenters. The molecule has 6 aromatic carbocycles. The number of hydrogen-bond acceptors (Lipinski definition) is 0. The predicted molar refractivity (Wildman–Crippen MR) is 142 cm³/mol. The van der Waals surface area contributed by atoms with Gasteiger partial charge in [-0.25, -0.2) is 0 Å². The van der Waals surface area contributed by atoms with E-state index in [4.69, 9.17) is 0 Å². The van der Waals surface area contributed by atoms with Gasteiger partial charge in [-0.1, -0.05) is 127 Å². The van der Waals surface area contributed by atoms with E-state index in [-0.39, 0.29) is 22.4 Å². The van der Waals surface area contributed by atoms with E-state index in [0.29, 0.717) is 0 Å². The molecule has 0 saturated carbocycles. The van der Waals surface area contributed by atoms with Crippen molar-refractivity contribution in [3.8, 4) is 0 Å². The van der Waals surface area contributed by atoms with Crippen LogP contribution in [0.5, 0.6) is 0 Å². The van der Waals surface area contributed by atoms with Crippen LogP contribution in [-0.2, 0) is 22.4 Å². The fourth-order valence-corrected chi connectivity index (χ4v) is 6.39. The SMILES string of the molecule is [Au+].c1ccc(P(c2ccccc2)c2ccccc2)cc1.c1ccc2c(c1)[cH-]c1ccccc12. The molecule has 0 aliphatic heterocycles. The average Bonchev–Trinajstić information content (AvgIpc) is 3.26. The van der Waals surface area contributed by atoms with Crippen molar-refractivity contribution in [1.29, 1.82) is 0 Å². The molecule has 0 radical (unpaired) electrons. The fourth-order valence-electron chi connectivity index (χ4n) is 4.08. The van der Waals surface area contributed by atoms with Gasteiger partial charge in [-0.3, -0.25) is 0 Å². The van der Waals surface area contributed by atoms with Gasteiger partial charge in [0, 0.05) is 0 Å². The Morgan fingerprint density at radius 2 is 0.667 bits per heavy atom. The third-order valence-corrected chi connectivity index (χ3v) is 8.01. The summed E-state index contributed by atoms with van der Waals surface area (Å²) in [5.74, 6) is 0. The maximum atomic E-state index is 2.24. The number of hydrogen-bond donors (Lipinski definition) is 0. The summed E-state index contributed by atoms with van der Waals surface area (Å²) < 4.78 is 0. The first kappa shape index (κ1) is 23.3. The van der Waals surface area contributed by atoms with Gasteiger partial charge in [0.25, 0.3) is 0 Å². The number of fused-ring (bicyclic) bond motifs is 3. The first-order valence-electron chi connectivity index (χ1n) is 10.9. The summed E-state index contributed by atoms with van der Waals surface area (Å²) in [6, 6.07) is 51.6. The molecule has 6 aromatic rings. The molecule has 0 unspecified atom stereocenters. The molecule has 0 aliphatic carbocycles.